The second kappa shape index (κ2) is 9.11. The van der Waals surface area contributed by atoms with E-state index in [-0.39, 0.29) is 37.0 Å². The first kappa shape index (κ1) is 21.8. The molecule has 0 bridgehead atoms. The van der Waals surface area contributed by atoms with E-state index in [0.717, 1.165) is 29.0 Å². The number of aryl methyl sites for hydroxylation is 1. The van der Waals surface area contributed by atoms with Crippen molar-refractivity contribution in [3.8, 4) is 5.75 Å². The van der Waals surface area contributed by atoms with Gasteiger partial charge in [0.1, 0.15) is 5.75 Å². The van der Waals surface area contributed by atoms with Crippen molar-refractivity contribution in [1.82, 2.24) is 4.90 Å². The lowest BCUT2D eigenvalue weighted by molar-refractivity contribution is -0.0648. The molecule has 1 saturated heterocycles. The minimum absolute atomic E-state index is 0. The van der Waals surface area contributed by atoms with E-state index in [0.29, 0.717) is 18.2 Å². The van der Waals surface area contributed by atoms with Crippen molar-refractivity contribution in [2.45, 2.75) is 51.2 Å². The third kappa shape index (κ3) is 4.48. The lowest BCUT2D eigenvalue weighted by Crippen LogP contribution is -2.42. The number of piperidine rings is 1. The number of hydrogen-bond donors (Lipinski definition) is 2. The number of fused-ring (bicyclic) bond motifs is 1. The maximum atomic E-state index is 10.5. The Labute approximate surface area is 169 Å². The molecule has 2 aliphatic heterocycles. The summed E-state index contributed by atoms with van der Waals surface area (Å²) in [6.07, 6.45) is 6.22. The Morgan fingerprint density at radius 1 is 1.15 bits per heavy atom. The molecule has 2 atom stereocenters. The van der Waals surface area contributed by atoms with Crippen LogP contribution in [-0.2, 0) is 11.2 Å². The summed E-state index contributed by atoms with van der Waals surface area (Å²) in [5.41, 5.74) is 9.07. The number of benzene rings is 1. The Hall–Kier alpha value is -0.520. The van der Waals surface area contributed by atoms with Crippen molar-refractivity contribution >= 4 is 24.8 Å². The number of rotatable bonds is 4. The number of phenolic OH excluding ortho intramolecular Hbond substituents is 1. The Balaban J connectivity index is 0.00000121. The summed E-state index contributed by atoms with van der Waals surface area (Å²) in [7, 11) is 0. The normalized spacial score (nSPS) is 26.5. The number of halogens is 2. The first-order chi connectivity index (χ1) is 11.7. The summed E-state index contributed by atoms with van der Waals surface area (Å²) in [5, 5.41) is 10.5. The quantitative estimate of drug-likeness (QED) is 0.807. The highest BCUT2D eigenvalue weighted by Crippen LogP contribution is 2.40. The number of ether oxygens (including phenoxy) is 1. The highest BCUT2D eigenvalue weighted by atomic mass is 35.5. The van der Waals surface area contributed by atoms with Gasteiger partial charge < -0.3 is 20.5 Å². The summed E-state index contributed by atoms with van der Waals surface area (Å²) >= 11 is 0. The molecule has 2 heterocycles. The van der Waals surface area contributed by atoms with Crippen LogP contribution in [0.25, 0.3) is 0 Å². The van der Waals surface area contributed by atoms with Crippen LogP contribution in [0.3, 0.4) is 0 Å². The number of nitrogens with zero attached hydrogens (tertiary/aromatic N) is 1. The summed E-state index contributed by atoms with van der Waals surface area (Å²) < 4.78 is 6.37. The summed E-state index contributed by atoms with van der Waals surface area (Å²) in [6, 6.07) is 4.05. The van der Waals surface area contributed by atoms with Crippen LogP contribution in [0.15, 0.2) is 12.1 Å². The molecule has 148 valence electrons. The van der Waals surface area contributed by atoms with E-state index in [1.807, 2.05) is 13.0 Å². The molecule has 3 aliphatic rings. The van der Waals surface area contributed by atoms with E-state index in [1.165, 1.54) is 45.3 Å². The van der Waals surface area contributed by atoms with Crippen LogP contribution >= 0.6 is 24.8 Å². The van der Waals surface area contributed by atoms with Gasteiger partial charge in [-0.2, -0.15) is 0 Å². The number of phenols is 1. The second-order valence-electron chi connectivity index (χ2n) is 7.98. The molecule has 0 radical (unpaired) electrons. The molecule has 1 aliphatic carbocycles. The number of nitrogens with two attached hydrogens (primary N) is 1. The zero-order valence-corrected chi connectivity index (χ0v) is 17.2. The van der Waals surface area contributed by atoms with Gasteiger partial charge in [-0.25, -0.2) is 0 Å². The molecule has 1 saturated carbocycles. The molecule has 6 heteroatoms. The predicted molar refractivity (Wildman–Crippen MR) is 110 cm³/mol. The Kier molecular flexibility index (Phi) is 7.63. The van der Waals surface area contributed by atoms with Gasteiger partial charge in [0.2, 0.25) is 0 Å². The molecule has 3 N–H and O–H groups in total. The lowest BCUT2D eigenvalue weighted by Gasteiger charge is -2.40. The standard InChI is InChI=1S/C20H30N2O2.2ClH/c1-13-2-5-16-17(20(13)23)10-18(24-19(16)11-21)15-6-8-22(9-7-15)12-14-3-4-14;;/h2,5,14-15,18-19,23H,3-4,6-12,21H2,1H3;2*1H. The number of hydrogen-bond acceptors (Lipinski definition) is 4. The van der Waals surface area contributed by atoms with Crippen molar-refractivity contribution in [2.75, 3.05) is 26.2 Å². The van der Waals surface area contributed by atoms with Crippen molar-refractivity contribution in [3.63, 3.8) is 0 Å². The molecule has 0 spiro atoms. The Morgan fingerprint density at radius 2 is 1.85 bits per heavy atom. The van der Waals surface area contributed by atoms with Gasteiger partial charge in [0.05, 0.1) is 12.2 Å². The maximum Gasteiger partial charge on any atom is 0.122 e. The molecule has 0 amide bonds. The minimum atomic E-state index is -0.0743. The second-order valence-corrected chi connectivity index (χ2v) is 7.98. The minimum Gasteiger partial charge on any atom is -0.507 e. The molecular formula is C20H32Cl2N2O2. The van der Waals surface area contributed by atoms with Gasteiger partial charge in [-0.3, -0.25) is 0 Å². The molecule has 2 unspecified atom stereocenters. The molecule has 26 heavy (non-hydrogen) atoms. The van der Waals surface area contributed by atoms with Crippen LogP contribution in [0.5, 0.6) is 5.75 Å². The zero-order valence-electron chi connectivity index (χ0n) is 15.5. The monoisotopic (exact) mass is 402 g/mol. The fourth-order valence-corrected chi connectivity index (χ4v) is 4.45. The van der Waals surface area contributed by atoms with Gasteiger partial charge in [0.25, 0.3) is 0 Å². The molecule has 4 nitrogen and oxygen atoms in total. The molecule has 1 aromatic rings. The SMILES string of the molecule is Cc1ccc2c(c1O)CC(C1CCN(CC3CC3)CC1)OC2CN.Cl.Cl. The van der Waals surface area contributed by atoms with Crippen LogP contribution in [-0.4, -0.2) is 42.3 Å². The van der Waals surface area contributed by atoms with Crippen LogP contribution < -0.4 is 5.73 Å². The van der Waals surface area contributed by atoms with Gasteiger partial charge >= 0.3 is 0 Å². The lowest BCUT2D eigenvalue weighted by atomic mass is 9.83. The van der Waals surface area contributed by atoms with Crippen molar-refractivity contribution in [2.24, 2.45) is 17.6 Å². The van der Waals surface area contributed by atoms with Gasteiger partial charge in [-0.1, -0.05) is 12.1 Å². The van der Waals surface area contributed by atoms with E-state index in [2.05, 4.69) is 11.0 Å². The van der Waals surface area contributed by atoms with Crippen LogP contribution in [0.2, 0.25) is 0 Å². The Morgan fingerprint density at radius 3 is 2.46 bits per heavy atom. The molecule has 0 aromatic heterocycles. The van der Waals surface area contributed by atoms with E-state index in [4.69, 9.17) is 10.5 Å². The topological polar surface area (TPSA) is 58.7 Å². The maximum absolute atomic E-state index is 10.5. The van der Waals surface area contributed by atoms with Crippen molar-refractivity contribution in [1.29, 1.82) is 0 Å². The van der Waals surface area contributed by atoms with Gasteiger partial charge in [-0.15, -0.1) is 24.8 Å². The molecule has 4 rings (SSSR count). The fraction of sp³-hybridized carbons (Fsp3) is 0.700. The van der Waals surface area contributed by atoms with E-state index < -0.39 is 0 Å². The third-order valence-electron chi connectivity index (χ3n) is 6.20. The average molecular weight is 403 g/mol. The fourth-order valence-electron chi connectivity index (χ4n) is 4.45. The van der Waals surface area contributed by atoms with Gasteiger partial charge in [-0.05, 0) is 68.7 Å². The van der Waals surface area contributed by atoms with E-state index in [9.17, 15) is 5.11 Å². The Bertz CT molecular complexity index is 602. The highest BCUT2D eigenvalue weighted by Gasteiger charge is 2.36. The zero-order chi connectivity index (χ0) is 16.7. The first-order valence-corrected chi connectivity index (χ1v) is 9.55. The van der Waals surface area contributed by atoms with Gasteiger partial charge in [0, 0.05) is 25.1 Å². The summed E-state index contributed by atoms with van der Waals surface area (Å²) in [5.74, 6) is 2.01. The highest BCUT2D eigenvalue weighted by molar-refractivity contribution is 5.85. The molecule has 2 fully saturated rings. The predicted octanol–water partition coefficient (Wildman–Crippen LogP) is 3.61. The number of aromatic hydroxyl groups is 1. The largest absolute Gasteiger partial charge is 0.507 e. The summed E-state index contributed by atoms with van der Waals surface area (Å²) in [6.45, 7) is 6.13. The van der Waals surface area contributed by atoms with E-state index in [1.54, 1.807) is 0 Å². The smallest absolute Gasteiger partial charge is 0.122 e. The van der Waals surface area contributed by atoms with Crippen LogP contribution in [0, 0.1) is 18.8 Å². The van der Waals surface area contributed by atoms with Crippen LogP contribution in [0.1, 0.15) is 48.5 Å². The first-order valence-electron chi connectivity index (χ1n) is 9.55. The van der Waals surface area contributed by atoms with Crippen molar-refractivity contribution < 1.29 is 9.84 Å². The van der Waals surface area contributed by atoms with E-state index >= 15 is 0 Å². The average Bonchev–Trinajstić information content (AvgIpc) is 3.42. The molecular weight excluding hydrogens is 371 g/mol. The van der Waals surface area contributed by atoms with Crippen molar-refractivity contribution in [3.05, 3.63) is 28.8 Å². The van der Waals surface area contributed by atoms with Gasteiger partial charge in [0.15, 0.2) is 0 Å². The molecule has 1 aromatic carbocycles. The van der Waals surface area contributed by atoms with Crippen LogP contribution in [0.4, 0.5) is 0 Å². The summed E-state index contributed by atoms with van der Waals surface area (Å²) in [4.78, 5) is 2.63. The number of likely N-dealkylation sites (tertiary alicyclic amines) is 1. The third-order valence-corrected chi connectivity index (χ3v) is 6.20.